The highest BCUT2D eigenvalue weighted by molar-refractivity contribution is 5.93. The number of pyridine rings is 1. The molecule has 2 aromatic rings. The molecule has 0 radical (unpaired) electrons. The largest absolute Gasteiger partial charge is 0.337 e. The molecule has 1 amide bonds. The van der Waals surface area contributed by atoms with Gasteiger partial charge in [-0.1, -0.05) is 6.07 Å². The average Bonchev–Trinajstić information content (AvgIpc) is 2.42. The number of hydrogen-bond donors (Lipinski definition) is 1. The highest BCUT2D eigenvalue weighted by Crippen LogP contribution is 2.11. The molecule has 20 heavy (non-hydrogen) atoms. The number of carbonyl (C=O) groups excluding carboxylic acids is 1. The molecule has 1 N–H and O–H groups in total. The molecule has 0 bridgehead atoms. The van der Waals surface area contributed by atoms with Crippen molar-refractivity contribution in [2.24, 2.45) is 0 Å². The fraction of sp³-hybridized carbons (Fsp3) is 0.143. The zero-order valence-corrected chi connectivity index (χ0v) is 10.7. The molecule has 0 unspecified atom stereocenters. The highest BCUT2D eigenvalue weighted by Gasteiger charge is 2.13. The number of hydrogen-bond acceptors (Lipinski definition) is 2. The topological polar surface area (TPSA) is 53.2 Å². The van der Waals surface area contributed by atoms with Gasteiger partial charge in [0.25, 0.3) is 5.91 Å². The van der Waals surface area contributed by atoms with Crippen LogP contribution in [0.15, 0.2) is 41.3 Å². The van der Waals surface area contributed by atoms with Gasteiger partial charge in [0.2, 0.25) is 5.56 Å². The van der Waals surface area contributed by atoms with E-state index in [-0.39, 0.29) is 23.6 Å². The quantitative estimate of drug-likeness (QED) is 0.932. The van der Waals surface area contributed by atoms with Crippen molar-refractivity contribution in [2.45, 2.75) is 6.54 Å². The van der Waals surface area contributed by atoms with E-state index in [1.807, 2.05) is 0 Å². The molecule has 6 heteroatoms. The van der Waals surface area contributed by atoms with Gasteiger partial charge in [0.1, 0.15) is 0 Å². The maximum atomic E-state index is 13.1. The van der Waals surface area contributed by atoms with Crippen molar-refractivity contribution >= 4 is 5.91 Å². The van der Waals surface area contributed by atoms with E-state index in [1.165, 1.54) is 36.3 Å². The molecule has 2 rings (SSSR count). The van der Waals surface area contributed by atoms with Crippen LogP contribution in [-0.4, -0.2) is 22.8 Å². The van der Waals surface area contributed by atoms with E-state index in [1.54, 1.807) is 0 Å². The number of aromatic nitrogens is 1. The molecule has 104 valence electrons. The van der Waals surface area contributed by atoms with Crippen molar-refractivity contribution in [3.05, 3.63) is 69.6 Å². The second-order valence-corrected chi connectivity index (χ2v) is 4.35. The van der Waals surface area contributed by atoms with Gasteiger partial charge in [-0.3, -0.25) is 9.59 Å². The van der Waals surface area contributed by atoms with E-state index in [0.717, 1.165) is 12.1 Å². The maximum absolute atomic E-state index is 13.1. The van der Waals surface area contributed by atoms with E-state index in [4.69, 9.17) is 0 Å². The Labute approximate surface area is 113 Å². The maximum Gasteiger partial charge on any atom is 0.254 e. The zero-order chi connectivity index (χ0) is 14.7. The monoisotopic (exact) mass is 278 g/mol. The van der Waals surface area contributed by atoms with Crippen molar-refractivity contribution < 1.29 is 13.6 Å². The fourth-order valence-electron chi connectivity index (χ4n) is 1.78. The summed E-state index contributed by atoms with van der Waals surface area (Å²) in [6.45, 7) is 0.114. The Hall–Kier alpha value is -2.50. The van der Waals surface area contributed by atoms with E-state index in [2.05, 4.69) is 4.98 Å². The summed E-state index contributed by atoms with van der Waals surface area (Å²) in [5.41, 5.74) is 0.320. The summed E-state index contributed by atoms with van der Waals surface area (Å²) in [4.78, 5) is 26.9. The van der Waals surface area contributed by atoms with Crippen LogP contribution in [0.4, 0.5) is 8.78 Å². The van der Waals surface area contributed by atoms with E-state index < -0.39 is 11.6 Å². The smallest absolute Gasteiger partial charge is 0.254 e. The minimum absolute atomic E-state index is 0.114. The Morgan fingerprint density at radius 3 is 2.60 bits per heavy atom. The van der Waals surface area contributed by atoms with Crippen LogP contribution >= 0.6 is 0 Å². The molecule has 1 aromatic carbocycles. The second kappa shape index (κ2) is 5.64. The average molecular weight is 278 g/mol. The first-order chi connectivity index (χ1) is 9.47. The number of carbonyl (C=O) groups is 1. The lowest BCUT2D eigenvalue weighted by Gasteiger charge is -2.17. The molecule has 4 nitrogen and oxygen atoms in total. The first kappa shape index (κ1) is 13.9. The number of halogens is 2. The van der Waals surface area contributed by atoms with Crippen LogP contribution in [0.25, 0.3) is 0 Å². The molecule has 0 atom stereocenters. The lowest BCUT2D eigenvalue weighted by molar-refractivity contribution is 0.0784. The van der Waals surface area contributed by atoms with Crippen LogP contribution in [0.1, 0.15) is 15.9 Å². The van der Waals surface area contributed by atoms with Crippen LogP contribution in [-0.2, 0) is 6.54 Å². The van der Waals surface area contributed by atoms with Gasteiger partial charge < -0.3 is 9.88 Å². The molecule has 1 heterocycles. The number of amides is 1. The summed E-state index contributed by atoms with van der Waals surface area (Å²) >= 11 is 0. The van der Waals surface area contributed by atoms with Gasteiger partial charge in [-0.2, -0.15) is 0 Å². The van der Waals surface area contributed by atoms with Gasteiger partial charge >= 0.3 is 0 Å². The van der Waals surface area contributed by atoms with Crippen LogP contribution in [0.5, 0.6) is 0 Å². The van der Waals surface area contributed by atoms with E-state index in [0.29, 0.717) is 5.56 Å². The van der Waals surface area contributed by atoms with Gasteiger partial charge in [-0.05, 0) is 23.8 Å². The molecule has 0 spiro atoms. The van der Waals surface area contributed by atoms with Crippen molar-refractivity contribution in [3.63, 3.8) is 0 Å². The third kappa shape index (κ3) is 3.09. The molecule has 0 fully saturated rings. The first-order valence-electron chi connectivity index (χ1n) is 5.85. The van der Waals surface area contributed by atoms with Gasteiger partial charge in [-0.15, -0.1) is 0 Å². The lowest BCUT2D eigenvalue weighted by atomic mass is 10.2. The summed E-state index contributed by atoms with van der Waals surface area (Å²) in [6, 6.07) is 6.11. The minimum atomic E-state index is -0.959. The van der Waals surface area contributed by atoms with Gasteiger partial charge in [0, 0.05) is 31.4 Å². The van der Waals surface area contributed by atoms with Gasteiger partial charge in [-0.25, -0.2) is 8.78 Å². The predicted octanol–water partition coefficient (Wildman–Crippen LogP) is 1.93. The van der Waals surface area contributed by atoms with Crippen molar-refractivity contribution in [2.75, 3.05) is 7.05 Å². The second-order valence-electron chi connectivity index (χ2n) is 4.35. The summed E-state index contributed by atoms with van der Waals surface area (Å²) < 4.78 is 25.9. The van der Waals surface area contributed by atoms with E-state index >= 15 is 0 Å². The summed E-state index contributed by atoms with van der Waals surface area (Å²) in [7, 11) is 1.52. The number of nitrogens with zero attached hydrogens (tertiary/aromatic N) is 1. The third-order valence-electron chi connectivity index (χ3n) is 2.77. The molecule has 0 saturated carbocycles. The van der Waals surface area contributed by atoms with Crippen molar-refractivity contribution in [3.8, 4) is 0 Å². The van der Waals surface area contributed by atoms with Gasteiger partial charge in [0.05, 0.1) is 0 Å². The Bertz CT molecular complexity index is 698. The summed E-state index contributed by atoms with van der Waals surface area (Å²) in [5.74, 6) is -2.27. The summed E-state index contributed by atoms with van der Waals surface area (Å²) in [5, 5.41) is 0. The third-order valence-corrected chi connectivity index (χ3v) is 2.77. The molecule has 0 saturated heterocycles. The molecular weight excluding hydrogens is 266 g/mol. The normalized spacial score (nSPS) is 10.3. The number of aromatic amines is 1. The SMILES string of the molecule is CN(Cc1ccc(F)c(F)c1)C(=O)c1cc[nH]c(=O)c1. The number of H-pyrrole nitrogens is 1. The Balaban J connectivity index is 2.15. The first-order valence-corrected chi connectivity index (χ1v) is 5.85. The Morgan fingerprint density at radius 2 is 1.95 bits per heavy atom. The molecule has 1 aromatic heterocycles. The van der Waals surface area contributed by atoms with Crippen molar-refractivity contribution in [1.29, 1.82) is 0 Å². The van der Waals surface area contributed by atoms with Crippen LogP contribution in [0, 0.1) is 11.6 Å². The number of rotatable bonds is 3. The summed E-state index contributed by atoms with van der Waals surface area (Å²) in [6.07, 6.45) is 1.38. The lowest BCUT2D eigenvalue weighted by Crippen LogP contribution is -2.27. The fourth-order valence-corrected chi connectivity index (χ4v) is 1.78. The van der Waals surface area contributed by atoms with Crippen LogP contribution < -0.4 is 5.56 Å². The highest BCUT2D eigenvalue weighted by atomic mass is 19.2. The van der Waals surface area contributed by atoms with Crippen LogP contribution in [0.3, 0.4) is 0 Å². The zero-order valence-electron chi connectivity index (χ0n) is 10.7. The minimum Gasteiger partial charge on any atom is -0.337 e. The molecular formula is C14H12F2N2O2. The van der Waals surface area contributed by atoms with Gasteiger partial charge in [0.15, 0.2) is 11.6 Å². The standard InChI is InChI=1S/C14H12F2N2O2/c1-18(8-9-2-3-11(15)12(16)6-9)14(20)10-4-5-17-13(19)7-10/h2-7H,8H2,1H3,(H,17,19). The molecule has 0 aliphatic heterocycles. The number of benzene rings is 1. The Morgan fingerprint density at radius 1 is 1.20 bits per heavy atom. The number of nitrogens with one attached hydrogen (secondary N) is 1. The van der Waals surface area contributed by atoms with Crippen molar-refractivity contribution in [1.82, 2.24) is 9.88 Å². The predicted molar refractivity (Wildman–Crippen MR) is 69.2 cm³/mol. The molecule has 0 aliphatic rings. The van der Waals surface area contributed by atoms with E-state index in [9.17, 15) is 18.4 Å². The molecule has 0 aliphatic carbocycles. The Kier molecular flexibility index (Phi) is 3.93. The van der Waals surface area contributed by atoms with Crippen LogP contribution in [0.2, 0.25) is 0 Å².